The van der Waals surface area contributed by atoms with Crippen LogP contribution >= 0.6 is 0 Å². The Morgan fingerprint density at radius 3 is 2.42 bits per heavy atom. The van der Waals surface area contributed by atoms with Crippen molar-refractivity contribution >= 4 is 12.0 Å². The molecule has 24 heavy (non-hydrogen) atoms. The molecule has 1 saturated heterocycles. The Morgan fingerprint density at radius 1 is 1.08 bits per heavy atom. The van der Waals surface area contributed by atoms with Crippen LogP contribution in [0.1, 0.15) is 24.5 Å². The predicted octanol–water partition coefficient (Wildman–Crippen LogP) is 2.37. The Hall–Kier alpha value is -2.24. The van der Waals surface area contributed by atoms with Gasteiger partial charge in [0, 0.05) is 26.2 Å². The molecule has 6 heteroatoms. The summed E-state index contributed by atoms with van der Waals surface area (Å²) in [6.45, 7) is 8.69. The lowest BCUT2D eigenvalue weighted by atomic mass is 10.1. The van der Waals surface area contributed by atoms with Crippen molar-refractivity contribution in [3.8, 4) is 5.75 Å². The lowest BCUT2D eigenvalue weighted by Crippen LogP contribution is -2.50. The second-order valence-corrected chi connectivity index (χ2v) is 5.86. The molecule has 0 spiro atoms. The summed E-state index contributed by atoms with van der Waals surface area (Å²) in [6.07, 6.45) is 0.0372. The van der Waals surface area contributed by atoms with E-state index in [0.717, 1.165) is 11.3 Å². The summed E-state index contributed by atoms with van der Waals surface area (Å²) in [6, 6.07) is 5.91. The largest absolute Gasteiger partial charge is 0.493 e. The maximum atomic E-state index is 12.3. The van der Waals surface area contributed by atoms with Crippen LogP contribution in [0.2, 0.25) is 0 Å². The molecule has 2 rings (SSSR count). The summed E-state index contributed by atoms with van der Waals surface area (Å²) < 4.78 is 10.7. The van der Waals surface area contributed by atoms with E-state index in [9.17, 15) is 9.59 Å². The van der Waals surface area contributed by atoms with Gasteiger partial charge in [-0.3, -0.25) is 4.79 Å². The number of hydrogen-bond donors (Lipinski definition) is 0. The Bertz CT molecular complexity index is 580. The first-order chi connectivity index (χ1) is 11.5. The van der Waals surface area contributed by atoms with Crippen LogP contribution in [0.3, 0.4) is 0 Å². The van der Waals surface area contributed by atoms with Crippen molar-refractivity contribution in [1.29, 1.82) is 0 Å². The van der Waals surface area contributed by atoms with E-state index in [4.69, 9.17) is 9.47 Å². The number of hydrogen-bond acceptors (Lipinski definition) is 4. The summed E-state index contributed by atoms with van der Waals surface area (Å²) in [5, 5.41) is 0. The lowest BCUT2D eigenvalue weighted by Gasteiger charge is -2.34. The van der Waals surface area contributed by atoms with Crippen molar-refractivity contribution in [2.45, 2.75) is 27.2 Å². The Labute approximate surface area is 143 Å². The zero-order valence-electron chi connectivity index (χ0n) is 14.7. The highest BCUT2D eigenvalue weighted by molar-refractivity contribution is 5.77. The number of carbonyl (C=O) groups is 2. The number of amides is 2. The summed E-state index contributed by atoms with van der Waals surface area (Å²) in [5.41, 5.74) is 2.28. The van der Waals surface area contributed by atoms with Gasteiger partial charge in [-0.15, -0.1) is 0 Å². The molecule has 0 atom stereocenters. The lowest BCUT2D eigenvalue weighted by molar-refractivity contribution is -0.133. The number of nitrogens with zero attached hydrogens (tertiary/aromatic N) is 2. The van der Waals surface area contributed by atoms with Gasteiger partial charge in [-0.05, 0) is 38.0 Å². The van der Waals surface area contributed by atoms with Crippen LogP contribution in [0.25, 0.3) is 0 Å². The third-order valence-corrected chi connectivity index (χ3v) is 4.29. The minimum atomic E-state index is -0.303. The van der Waals surface area contributed by atoms with Crippen LogP contribution in [0.4, 0.5) is 4.79 Å². The normalized spacial score (nSPS) is 14.5. The first-order valence-corrected chi connectivity index (χ1v) is 8.41. The molecule has 6 nitrogen and oxygen atoms in total. The van der Waals surface area contributed by atoms with Crippen LogP contribution in [-0.4, -0.2) is 61.2 Å². The van der Waals surface area contributed by atoms with E-state index in [1.807, 2.05) is 32.0 Å². The number of benzene rings is 1. The van der Waals surface area contributed by atoms with Crippen molar-refractivity contribution < 1.29 is 19.1 Å². The first-order valence-electron chi connectivity index (χ1n) is 8.41. The van der Waals surface area contributed by atoms with Crippen LogP contribution in [0, 0.1) is 13.8 Å². The van der Waals surface area contributed by atoms with Gasteiger partial charge in [0.1, 0.15) is 5.75 Å². The van der Waals surface area contributed by atoms with Gasteiger partial charge in [0.15, 0.2) is 0 Å². The van der Waals surface area contributed by atoms with Crippen molar-refractivity contribution in [3.63, 3.8) is 0 Å². The minimum absolute atomic E-state index is 0.0591. The Morgan fingerprint density at radius 2 is 1.75 bits per heavy atom. The SMILES string of the molecule is CCOC(=O)N1CCN(C(=O)CCOc2cccc(C)c2C)CC1. The summed E-state index contributed by atoms with van der Waals surface area (Å²) in [4.78, 5) is 27.3. The van der Waals surface area contributed by atoms with E-state index in [0.29, 0.717) is 45.8 Å². The molecule has 0 N–H and O–H groups in total. The van der Waals surface area contributed by atoms with Crippen LogP contribution < -0.4 is 4.74 Å². The molecule has 0 bridgehead atoms. The fourth-order valence-corrected chi connectivity index (χ4v) is 2.64. The number of ether oxygens (including phenoxy) is 2. The molecular formula is C18H26N2O4. The second kappa shape index (κ2) is 8.57. The van der Waals surface area contributed by atoms with Gasteiger partial charge in [0.05, 0.1) is 19.6 Å². The maximum absolute atomic E-state index is 12.3. The fraction of sp³-hybridized carbons (Fsp3) is 0.556. The molecule has 0 aromatic heterocycles. The van der Waals surface area contributed by atoms with Gasteiger partial charge >= 0.3 is 6.09 Å². The molecule has 132 valence electrons. The average Bonchev–Trinajstić information content (AvgIpc) is 2.59. The van der Waals surface area contributed by atoms with Crippen molar-refractivity contribution in [2.24, 2.45) is 0 Å². The van der Waals surface area contributed by atoms with E-state index in [1.54, 1.807) is 16.7 Å². The Balaban J connectivity index is 1.74. The standard InChI is InChI=1S/C18H26N2O4/c1-4-23-18(22)20-11-9-19(10-12-20)17(21)8-13-24-16-7-5-6-14(2)15(16)3/h5-7H,4,8-13H2,1-3H3. The topological polar surface area (TPSA) is 59.1 Å². The quantitative estimate of drug-likeness (QED) is 0.829. The highest BCUT2D eigenvalue weighted by atomic mass is 16.6. The monoisotopic (exact) mass is 334 g/mol. The van der Waals surface area contributed by atoms with Gasteiger partial charge < -0.3 is 19.3 Å². The Kier molecular flexibility index (Phi) is 6.46. The number of carbonyl (C=O) groups excluding carboxylic acids is 2. The van der Waals surface area contributed by atoms with Crippen LogP contribution in [0.5, 0.6) is 5.75 Å². The zero-order chi connectivity index (χ0) is 17.5. The smallest absolute Gasteiger partial charge is 0.409 e. The van der Waals surface area contributed by atoms with Gasteiger partial charge in [-0.25, -0.2) is 4.79 Å². The van der Waals surface area contributed by atoms with Gasteiger partial charge in [0.25, 0.3) is 0 Å². The van der Waals surface area contributed by atoms with E-state index < -0.39 is 0 Å². The maximum Gasteiger partial charge on any atom is 0.409 e. The molecule has 1 fully saturated rings. The molecule has 1 aliphatic heterocycles. The molecule has 0 unspecified atom stereocenters. The molecule has 2 amide bonds. The number of piperazine rings is 1. The van der Waals surface area contributed by atoms with Crippen molar-refractivity contribution in [2.75, 3.05) is 39.4 Å². The third-order valence-electron chi connectivity index (χ3n) is 4.29. The van der Waals surface area contributed by atoms with Crippen molar-refractivity contribution in [3.05, 3.63) is 29.3 Å². The van der Waals surface area contributed by atoms with Gasteiger partial charge in [-0.1, -0.05) is 12.1 Å². The number of rotatable bonds is 5. The summed E-state index contributed by atoms with van der Waals surface area (Å²) >= 11 is 0. The molecule has 1 aromatic carbocycles. The van der Waals surface area contributed by atoms with E-state index in [1.165, 1.54) is 5.56 Å². The molecule has 0 aliphatic carbocycles. The number of aryl methyl sites for hydroxylation is 1. The third kappa shape index (κ3) is 4.63. The molecule has 0 radical (unpaired) electrons. The fourth-order valence-electron chi connectivity index (χ4n) is 2.64. The molecule has 1 aliphatic rings. The molecule has 1 heterocycles. The molecule has 1 aromatic rings. The average molecular weight is 334 g/mol. The van der Waals surface area contributed by atoms with Gasteiger partial charge in [-0.2, -0.15) is 0 Å². The van der Waals surface area contributed by atoms with Gasteiger partial charge in [0.2, 0.25) is 5.91 Å². The highest BCUT2D eigenvalue weighted by Crippen LogP contribution is 2.20. The molecule has 0 saturated carbocycles. The summed E-state index contributed by atoms with van der Waals surface area (Å²) in [7, 11) is 0. The van der Waals surface area contributed by atoms with E-state index in [-0.39, 0.29) is 12.0 Å². The van der Waals surface area contributed by atoms with Crippen molar-refractivity contribution in [1.82, 2.24) is 9.80 Å². The summed E-state index contributed by atoms with van der Waals surface area (Å²) in [5.74, 6) is 0.888. The predicted molar refractivity (Wildman–Crippen MR) is 91.2 cm³/mol. The van der Waals surface area contributed by atoms with Crippen LogP contribution in [-0.2, 0) is 9.53 Å². The second-order valence-electron chi connectivity index (χ2n) is 5.86. The molecular weight excluding hydrogens is 308 g/mol. The highest BCUT2D eigenvalue weighted by Gasteiger charge is 2.24. The van der Waals surface area contributed by atoms with E-state index >= 15 is 0 Å². The zero-order valence-corrected chi connectivity index (χ0v) is 14.7. The minimum Gasteiger partial charge on any atom is -0.493 e. The van der Waals surface area contributed by atoms with E-state index in [2.05, 4.69) is 0 Å². The first kappa shape index (κ1) is 18.1. The van der Waals surface area contributed by atoms with Crippen LogP contribution in [0.15, 0.2) is 18.2 Å².